The highest BCUT2D eigenvalue weighted by atomic mass is 35.5. The Bertz CT molecular complexity index is 811. The molecule has 0 aromatic carbocycles. The molecule has 2 atom stereocenters. The van der Waals surface area contributed by atoms with E-state index in [0.717, 1.165) is 5.69 Å². The van der Waals surface area contributed by atoms with Gasteiger partial charge in [-0.05, 0) is 37.3 Å². The predicted octanol–water partition coefficient (Wildman–Crippen LogP) is 3.00. The van der Waals surface area contributed by atoms with Crippen molar-refractivity contribution in [3.05, 3.63) is 18.3 Å². The van der Waals surface area contributed by atoms with Crippen molar-refractivity contribution in [2.24, 2.45) is 17.1 Å². The molecule has 174 valence electrons. The van der Waals surface area contributed by atoms with E-state index in [2.05, 4.69) is 10.3 Å². The maximum Gasteiger partial charge on any atom is 0.262 e. The van der Waals surface area contributed by atoms with E-state index in [1.165, 1.54) is 12.8 Å². The van der Waals surface area contributed by atoms with Crippen molar-refractivity contribution < 1.29 is 27.1 Å². The first-order chi connectivity index (χ1) is 14.1. The molecule has 2 saturated heterocycles. The first-order valence-electron chi connectivity index (χ1n) is 10.2. The number of halogens is 5. The third kappa shape index (κ3) is 5.34. The number of carbonyl (C=O) groups excluding carboxylic acids is 1. The summed E-state index contributed by atoms with van der Waals surface area (Å²) in [6.07, 6.45) is 4.28. The van der Waals surface area contributed by atoms with Gasteiger partial charge in [-0.2, -0.15) is 0 Å². The van der Waals surface area contributed by atoms with Crippen LogP contribution in [0.3, 0.4) is 0 Å². The number of alkyl halides is 4. The fourth-order valence-electron chi connectivity index (χ4n) is 4.03. The second-order valence-corrected chi connectivity index (χ2v) is 8.81. The summed E-state index contributed by atoms with van der Waals surface area (Å²) in [5.74, 6) is -4.70. The van der Waals surface area contributed by atoms with Gasteiger partial charge in [0.2, 0.25) is 11.8 Å². The molecule has 3 heterocycles. The number of carbonyl (C=O) groups is 1. The average molecular weight is 467 g/mol. The molecule has 2 aliphatic heterocycles. The van der Waals surface area contributed by atoms with E-state index in [4.69, 9.17) is 10.5 Å². The number of rotatable bonds is 5. The van der Waals surface area contributed by atoms with Crippen molar-refractivity contribution >= 4 is 24.0 Å². The van der Waals surface area contributed by atoms with Crippen molar-refractivity contribution in [2.45, 2.75) is 50.0 Å². The van der Waals surface area contributed by atoms with Crippen LogP contribution in [0.5, 0.6) is 5.88 Å². The van der Waals surface area contributed by atoms with Crippen LogP contribution in [0.15, 0.2) is 18.3 Å². The first kappa shape index (κ1) is 23.8. The third-order valence-electron chi connectivity index (χ3n) is 6.26. The quantitative estimate of drug-likeness (QED) is 0.652. The number of ether oxygens (including phenoxy) is 1. The topological polar surface area (TPSA) is 80.5 Å². The van der Waals surface area contributed by atoms with Crippen molar-refractivity contribution in [3.8, 4) is 5.88 Å². The van der Waals surface area contributed by atoms with Gasteiger partial charge in [-0.15, -0.1) is 12.4 Å². The first-order valence-corrected chi connectivity index (χ1v) is 10.2. The molecular weight excluding hydrogens is 440 g/mol. The molecule has 1 aromatic heterocycles. The minimum atomic E-state index is -2.76. The van der Waals surface area contributed by atoms with Crippen LogP contribution >= 0.6 is 12.4 Å². The Labute approximate surface area is 184 Å². The van der Waals surface area contributed by atoms with E-state index in [-0.39, 0.29) is 18.8 Å². The van der Waals surface area contributed by atoms with Gasteiger partial charge in [0.1, 0.15) is 0 Å². The highest BCUT2D eigenvalue weighted by Crippen LogP contribution is 2.65. The Morgan fingerprint density at radius 1 is 1.32 bits per heavy atom. The number of aromatic nitrogens is 1. The summed E-state index contributed by atoms with van der Waals surface area (Å²) in [6, 6.07) is 2.92. The molecule has 1 amide bonds. The Balaban J connectivity index is 0.000000212. The third-order valence-corrected chi connectivity index (χ3v) is 6.26. The lowest BCUT2D eigenvalue weighted by Crippen LogP contribution is -2.36. The van der Waals surface area contributed by atoms with Gasteiger partial charge < -0.3 is 15.4 Å². The molecule has 6 nitrogen and oxygen atoms in total. The summed E-state index contributed by atoms with van der Waals surface area (Å²) < 4.78 is 57.3. The highest BCUT2D eigenvalue weighted by molar-refractivity contribution is 5.85. The average Bonchev–Trinajstić information content (AvgIpc) is 3.48. The van der Waals surface area contributed by atoms with Crippen LogP contribution in [-0.4, -0.2) is 55.0 Å². The molecule has 4 fully saturated rings. The minimum Gasteiger partial charge on any atom is -0.476 e. The maximum absolute atomic E-state index is 13.5. The second kappa shape index (κ2) is 8.61. The summed E-state index contributed by atoms with van der Waals surface area (Å²) in [5.41, 5.74) is 4.87. The van der Waals surface area contributed by atoms with Crippen LogP contribution in [-0.2, 0) is 4.79 Å². The van der Waals surface area contributed by atoms with Crippen molar-refractivity contribution in [1.29, 1.82) is 0 Å². The van der Waals surface area contributed by atoms with Gasteiger partial charge in [0, 0.05) is 32.1 Å². The maximum atomic E-state index is 13.5. The van der Waals surface area contributed by atoms with E-state index in [0.29, 0.717) is 37.9 Å². The van der Waals surface area contributed by atoms with E-state index in [1.54, 1.807) is 6.20 Å². The molecule has 1 unspecified atom stereocenters. The van der Waals surface area contributed by atoms with Crippen molar-refractivity contribution in [1.82, 2.24) is 10.3 Å². The van der Waals surface area contributed by atoms with Gasteiger partial charge in [-0.25, -0.2) is 22.5 Å². The number of nitrogens with one attached hydrogen (secondary N) is 1. The molecule has 1 aromatic rings. The van der Waals surface area contributed by atoms with Crippen LogP contribution in [0.4, 0.5) is 23.2 Å². The van der Waals surface area contributed by atoms with Gasteiger partial charge in [-0.1, -0.05) is 0 Å². The van der Waals surface area contributed by atoms with Crippen LogP contribution in [0.1, 0.15) is 32.1 Å². The molecular formula is C20H27ClF4N4O2. The lowest BCUT2D eigenvalue weighted by atomic mass is 10.1. The second-order valence-electron chi connectivity index (χ2n) is 8.81. The number of nitrogens with zero attached hydrogens (tertiary/aromatic N) is 2. The molecule has 5 rings (SSSR count). The predicted molar refractivity (Wildman–Crippen MR) is 109 cm³/mol. The largest absolute Gasteiger partial charge is 0.476 e. The lowest BCUT2D eigenvalue weighted by Gasteiger charge is -2.21. The van der Waals surface area contributed by atoms with Crippen LogP contribution < -0.4 is 20.7 Å². The number of hydrogen-bond acceptors (Lipinski definition) is 5. The van der Waals surface area contributed by atoms with Gasteiger partial charge >= 0.3 is 0 Å². The molecule has 2 aliphatic carbocycles. The Morgan fingerprint density at radius 3 is 2.52 bits per heavy atom. The molecule has 31 heavy (non-hydrogen) atoms. The number of hydrogen-bond donors (Lipinski definition) is 2. The lowest BCUT2D eigenvalue weighted by molar-refractivity contribution is -0.120. The summed E-state index contributed by atoms with van der Waals surface area (Å²) in [4.78, 5) is 16.6. The highest BCUT2D eigenvalue weighted by Gasteiger charge is 2.72. The van der Waals surface area contributed by atoms with Gasteiger partial charge in [0.05, 0.1) is 30.3 Å². The molecule has 3 N–H and O–H groups in total. The summed E-state index contributed by atoms with van der Waals surface area (Å²) in [5, 5.41) is 2.32. The zero-order valence-electron chi connectivity index (χ0n) is 17.0. The number of nitrogens with two attached hydrogens (primary N) is 1. The number of amides is 1. The number of anilines is 1. The fraction of sp³-hybridized carbons (Fsp3) is 0.700. The van der Waals surface area contributed by atoms with Crippen molar-refractivity contribution in [3.63, 3.8) is 0 Å². The zero-order valence-corrected chi connectivity index (χ0v) is 17.8. The van der Waals surface area contributed by atoms with Gasteiger partial charge in [-0.3, -0.25) is 10.1 Å². The summed E-state index contributed by atoms with van der Waals surface area (Å²) in [7, 11) is 0. The van der Waals surface area contributed by atoms with Crippen LogP contribution in [0, 0.1) is 11.3 Å². The molecule has 1 spiro atoms. The SMILES string of the molecule is Cl.FC1(F)CC12CCN(c1cccnc1OCC1CC1)C2.NC(=O)[C@@H]1CC(F)(F)CN1. The zero-order chi connectivity index (χ0) is 21.6. The van der Waals surface area contributed by atoms with Crippen LogP contribution in [0.25, 0.3) is 0 Å². The molecule has 0 bridgehead atoms. The van der Waals surface area contributed by atoms with E-state index < -0.39 is 42.2 Å². The normalized spacial score (nSPS) is 29.7. The van der Waals surface area contributed by atoms with E-state index >= 15 is 0 Å². The van der Waals surface area contributed by atoms with Crippen molar-refractivity contribution in [2.75, 3.05) is 31.1 Å². The summed E-state index contributed by atoms with van der Waals surface area (Å²) >= 11 is 0. The molecule has 4 aliphatic rings. The molecule has 2 saturated carbocycles. The van der Waals surface area contributed by atoms with E-state index in [9.17, 15) is 22.4 Å². The molecule has 11 heteroatoms. The Morgan fingerprint density at radius 2 is 2.03 bits per heavy atom. The standard InChI is InChI=1S/C15H18F2N2O.C5H8F2N2O.ClH/c16-15(17)9-14(15)5-7-19(10-14)12-2-1-6-18-13(12)20-8-11-3-4-11;6-5(7)1-3(4(8)10)9-2-5;/h1-2,6,11H,3-5,7-10H2;3,9H,1-2H2,(H2,8,10);1H/t;3-;/m.0./s1. The summed E-state index contributed by atoms with van der Waals surface area (Å²) in [6.45, 7) is 1.34. The smallest absolute Gasteiger partial charge is 0.262 e. The van der Waals surface area contributed by atoms with Gasteiger partial charge in [0.15, 0.2) is 0 Å². The van der Waals surface area contributed by atoms with E-state index in [1.807, 2.05) is 17.0 Å². The Kier molecular flexibility index (Phi) is 6.63. The minimum absolute atomic E-state index is 0. The fourth-order valence-corrected chi connectivity index (χ4v) is 4.03. The number of primary amides is 1. The van der Waals surface area contributed by atoms with Crippen LogP contribution in [0.2, 0.25) is 0 Å². The Hall–Kier alpha value is -1.81. The van der Waals surface area contributed by atoms with Gasteiger partial charge in [0.25, 0.3) is 11.8 Å². The number of pyridine rings is 1. The monoisotopic (exact) mass is 466 g/mol. The molecule has 0 radical (unpaired) electrons.